The van der Waals surface area contributed by atoms with Crippen molar-refractivity contribution in [3.8, 4) is 5.75 Å². The molecule has 1 saturated heterocycles. The van der Waals surface area contributed by atoms with Crippen molar-refractivity contribution in [3.05, 3.63) is 42.5 Å². The first-order chi connectivity index (χ1) is 11.4. The Morgan fingerprint density at radius 3 is 2.43 bits per heavy atom. The molecule has 2 aromatic carbocycles. The highest BCUT2D eigenvalue weighted by molar-refractivity contribution is 5.88. The number of benzene rings is 2. The van der Waals surface area contributed by atoms with Crippen LogP contribution in [0.15, 0.2) is 42.5 Å². The molecule has 3 heteroatoms. The van der Waals surface area contributed by atoms with E-state index < -0.39 is 0 Å². The van der Waals surface area contributed by atoms with Gasteiger partial charge in [-0.2, -0.15) is 0 Å². The second-order valence-electron chi connectivity index (χ2n) is 6.64. The minimum atomic E-state index is 0.827. The van der Waals surface area contributed by atoms with Crippen LogP contribution in [0.2, 0.25) is 0 Å². The van der Waals surface area contributed by atoms with E-state index >= 15 is 0 Å². The van der Waals surface area contributed by atoms with Gasteiger partial charge in [-0.3, -0.25) is 0 Å². The predicted octanol–water partition coefficient (Wildman–Crippen LogP) is 0.802. The molecule has 124 valence electrons. The molecule has 1 aliphatic heterocycles. The van der Waals surface area contributed by atoms with E-state index in [9.17, 15) is 0 Å². The van der Waals surface area contributed by atoms with Crippen molar-refractivity contribution in [2.45, 2.75) is 19.8 Å². The van der Waals surface area contributed by atoms with Crippen LogP contribution in [-0.2, 0) is 0 Å². The highest BCUT2D eigenvalue weighted by atomic mass is 16.5. The molecule has 0 atom stereocenters. The van der Waals surface area contributed by atoms with E-state index in [0.29, 0.717) is 0 Å². The molecule has 0 spiro atoms. The van der Waals surface area contributed by atoms with Gasteiger partial charge in [-0.1, -0.05) is 36.4 Å². The number of unbranched alkanes of at least 4 members (excludes halogenated alkanes) is 1. The van der Waals surface area contributed by atoms with Crippen LogP contribution in [0.1, 0.15) is 19.8 Å². The Balaban J connectivity index is 1.38. The summed E-state index contributed by atoms with van der Waals surface area (Å²) >= 11 is 0. The zero-order valence-electron chi connectivity index (χ0n) is 14.3. The second-order valence-corrected chi connectivity index (χ2v) is 6.64. The lowest BCUT2D eigenvalue weighted by Gasteiger charge is -2.28. The summed E-state index contributed by atoms with van der Waals surface area (Å²) in [4.78, 5) is 3.56. The largest absolute Gasteiger partial charge is 0.493 e. The van der Waals surface area contributed by atoms with Gasteiger partial charge in [0.05, 0.1) is 19.7 Å². The summed E-state index contributed by atoms with van der Waals surface area (Å²) in [5.74, 6) is 1.02. The number of likely N-dealkylation sites (N-methyl/N-ethyl adjacent to an activating group) is 1. The lowest BCUT2D eigenvalue weighted by atomic mass is 10.1. The Morgan fingerprint density at radius 1 is 0.870 bits per heavy atom. The Bertz CT molecular complexity index is 600. The molecule has 1 aliphatic rings. The molecule has 0 amide bonds. The number of ether oxygens (including phenoxy) is 1. The summed E-state index contributed by atoms with van der Waals surface area (Å²) in [6.45, 7) is 11.1. The van der Waals surface area contributed by atoms with E-state index in [-0.39, 0.29) is 0 Å². The third kappa shape index (κ3) is 4.46. The van der Waals surface area contributed by atoms with Crippen LogP contribution in [-0.4, -0.2) is 45.9 Å². The van der Waals surface area contributed by atoms with Gasteiger partial charge in [0, 0.05) is 5.39 Å². The average molecular weight is 314 g/mol. The summed E-state index contributed by atoms with van der Waals surface area (Å²) in [7, 11) is 0. The molecule has 3 rings (SSSR count). The van der Waals surface area contributed by atoms with E-state index in [1.165, 1.54) is 56.5 Å². The smallest absolute Gasteiger partial charge is 0.127 e. The van der Waals surface area contributed by atoms with Crippen LogP contribution in [0.5, 0.6) is 5.75 Å². The summed E-state index contributed by atoms with van der Waals surface area (Å²) in [5, 5.41) is 2.48. The van der Waals surface area contributed by atoms with Crippen molar-refractivity contribution in [3.63, 3.8) is 0 Å². The van der Waals surface area contributed by atoms with Crippen LogP contribution in [0.3, 0.4) is 0 Å². The summed E-state index contributed by atoms with van der Waals surface area (Å²) in [5.41, 5.74) is 0. The van der Waals surface area contributed by atoms with Crippen molar-refractivity contribution in [2.24, 2.45) is 0 Å². The maximum absolute atomic E-state index is 6.03. The predicted molar refractivity (Wildman–Crippen MR) is 95.5 cm³/mol. The van der Waals surface area contributed by atoms with Crippen molar-refractivity contribution in [2.75, 3.05) is 45.9 Å². The molecular formula is C20H30N2O+2. The van der Waals surface area contributed by atoms with Crippen LogP contribution in [0, 0.1) is 0 Å². The molecule has 0 saturated carbocycles. The van der Waals surface area contributed by atoms with E-state index in [2.05, 4.69) is 49.4 Å². The lowest BCUT2D eigenvalue weighted by molar-refractivity contribution is -1.01. The quantitative estimate of drug-likeness (QED) is 0.724. The number of hydrogen-bond donors (Lipinski definition) is 2. The normalized spacial score (nSPS) is 21.4. The van der Waals surface area contributed by atoms with Crippen molar-refractivity contribution >= 4 is 10.8 Å². The van der Waals surface area contributed by atoms with E-state index in [0.717, 1.165) is 18.8 Å². The number of hydrogen-bond acceptors (Lipinski definition) is 1. The highest BCUT2D eigenvalue weighted by Crippen LogP contribution is 2.25. The van der Waals surface area contributed by atoms with Gasteiger partial charge >= 0.3 is 0 Å². The number of nitrogens with one attached hydrogen (secondary N) is 2. The number of quaternary nitrogens is 2. The Kier molecular flexibility index (Phi) is 5.89. The van der Waals surface area contributed by atoms with Crippen molar-refractivity contribution in [1.29, 1.82) is 0 Å². The Morgan fingerprint density at radius 2 is 1.61 bits per heavy atom. The third-order valence-corrected chi connectivity index (χ3v) is 5.10. The first kappa shape index (κ1) is 16.3. The molecule has 0 radical (unpaired) electrons. The molecule has 23 heavy (non-hydrogen) atoms. The molecular weight excluding hydrogens is 284 g/mol. The lowest BCUT2D eigenvalue weighted by Crippen LogP contribution is -3.28. The molecule has 1 fully saturated rings. The highest BCUT2D eigenvalue weighted by Gasteiger charge is 2.20. The number of piperazine rings is 1. The first-order valence-corrected chi connectivity index (χ1v) is 9.14. The molecule has 0 aromatic heterocycles. The molecule has 0 bridgehead atoms. The first-order valence-electron chi connectivity index (χ1n) is 9.14. The van der Waals surface area contributed by atoms with Gasteiger partial charge in [0.25, 0.3) is 0 Å². The molecule has 2 aromatic rings. The SMILES string of the molecule is CC[NH+]1CC[NH+](CCCCOc2cccc3ccccc23)CC1. The van der Waals surface area contributed by atoms with Crippen molar-refractivity contribution < 1.29 is 14.5 Å². The van der Waals surface area contributed by atoms with Gasteiger partial charge in [0.15, 0.2) is 0 Å². The fraction of sp³-hybridized carbons (Fsp3) is 0.500. The van der Waals surface area contributed by atoms with Gasteiger partial charge in [-0.05, 0) is 31.2 Å². The molecule has 0 unspecified atom stereocenters. The fourth-order valence-electron chi connectivity index (χ4n) is 3.54. The van der Waals surface area contributed by atoms with E-state index in [1.54, 1.807) is 9.80 Å². The monoisotopic (exact) mass is 314 g/mol. The molecule has 3 nitrogen and oxygen atoms in total. The number of rotatable bonds is 7. The van der Waals surface area contributed by atoms with Gasteiger partial charge < -0.3 is 14.5 Å². The molecule has 0 aliphatic carbocycles. The Hall–Kier alpha value is -1.58. The van der Waals surface area contributed by atoms with Gasteiger partial charge in [0.2, 0.25) is 0 Å². The zero-order chi connectivity index (χ0) is 15.9. The minimum absolute atomic E-state index is 0.827. The topological polar surface area (TPSA) is 18.1 Å². The maximum atomic E-state index is 6.03. The average Bonchev–Trinajstić information content (AvgIpc) is 2.62. The summed E-state index contributed by atoms with van der Waals surface area (Å²) < 4.78 is 6.03. The van der Waals surface area contributed by atoms with Crippen molar-refractivity contribution in [1.82, 2.24) is 0 Å². The standard InChI is InChI=1S/C20H28N2O/c1-2-21-13-15-22(16-14-21)12-5-6-17-23-20-11-7-9-18-8-3-4-10-19(18)20/h3-4,7-11H,2,5-6,12-17H2,1H3/p+2. The Labute approximate surface area is 139 Å². The number of fused-ring (bicyclic) bond motifs is 1. The van der Waals surface area contributed by atoms with E-state index in [1.807, 2.05) is 0 Å². The second kappa shape index (κ2) is 8.32. The van der Waals surface area contributed by atoms with Crippen LogP contribution in [0.4, 0.5) is 0 Å². The van der Waals surface area contributed by atoms with Gasteiger partial charge in [-0.25, -0.2) is 0 Å². The van der Waals surface area contributed by atoms with E-state index in [4.69, 9.17) is 4.74 Å². The maximum Gasteiger partial charge on any atom is 0.127 e. The zero-order valence-corrected chi connectivity index (χ0v) is 14.3. The molecule has 2 N–H and O–H groups in total. The van der Waals surface area contributed by atoms with Crippen LogP contribution in [0.25, 0.3) is 10.8 Å². The minimum Gasteiger partial charge on any atom is -0.493 e. The molecule has 1 heterocycles. The van der Waals surface area contributed by atoms with Crippen LogP contribution < -0.4 is 14.5 Å². The fourth-order valence-corrected chi connectivity index (χ4v) is 3.54. The van der Waals surface area contributed by atoms with Gasteiger partial charge in [0.1, 0.15) is 31.9 Å². The summed E-state index contributed by atoms with van der Waals surface area (Å²) in [6, 6.07) is 14.8. The van der Waals surface area contributed by atoms with Crippen LogP contribution >= 0.6 is 0 Å². The summed E-state index contributed by atoms with van der Waals surface area (Å²) in [6.07, 6.45) is 2.42. The van der Waals surface area contributed by atoms with Gasteiger partial charge in [-0.15, -0.1) is 0 Å². The third-order valence-electron chi connectivity index (χ3n) is 5.10.